The Labute approximate surface area is 189 Å². The summed E-state index contributed by atoms with van der Waals surface area (Å²) in [5.41, 5.74) is 3.63. The van der Waals surface area contributed by atoms with E-state index in [-0.39, 0.29) is 13.0 Å². The van der Waals surface area contributed by atoms with Crippen molar-refractivity contribution in [1.29, 1.82) is 0 Å². The standard InChI is InChI=1S/C25H23F3N2O3/c26-25(27,28)20-3-1-2-17(14-20)16-33-21-7-4-18(5-8-21)22-9-6-19-15-30(13-11-24(31)32)12-10-23(19)29-22/h1-9,14H,10-13,15-16H2,(H,31,32). The summed E-state index contributed by atoms with van der Waals surface area (Å²) in [6, 6.07) is 16.4. The van der Waals surface area contributed by atoms with Gasteiger partial charge in [0.2, 0.25) is 0 Å². The third-order valence-corrected chi connectivity index (χ3v) is 5.58. The van der Waals surface area contributed by atoms with E-state index in [4.69, 9.17) is 14.8 Å². The minimum Gasteiger partial charge on any atom is -0.489 e. The molecule has 3 aromatic rings. The van der Waals surface area contributed by atoms with Crippen LogP contribution in [-0.2, 0) is 30.5 Å². The lowest BCUT2D eigenvalue weighted by Gasteiger charge is -2.27. The molecule has 0 aliphatic carbocycles. The molecule has 0 fully saturated rings. The van der Waals surface area contributed by atoms with E-state index in [0.29, 0.717) is 24.4 Å². The van der Waals surface area contributed by atoms with Gasteiger partial charge in [0.15, 0.2) is 0 Å². The fraction of sp³-hybridized carbons (Fsp3) is 0.280. The molecule has 5 nitrogen and oxygen atoms in total. The topological polar surface area (TPSA) is 62.7 Å². The molecule has 0 spiro atoms. The molecule has 0 unspecified atom stereocenters. The molecule has 172 valence electrons. The molecule has 0 saturated heterocycles. The molecule has 4 rings (SSSR count). The number of ether oxygens (including phenoxy) is 1. The summed E-state index contributed by atoms with van der Waals surface area (Å²) in [5.74, 6) is -0.236. The van der Waals surface area contributed by atoms with Crippen LogP contribution < -0.4 is 4.74 Å². The smallest absolute Gasteiger partial charge is 0.416 e. The van der Waals surface area contributed by atoms with Crippen molar-refractivity contribution >= 4 is 5.97 Å². The van der Waals surface area contributed by atoms with Crippen molar-refractivity contribution in [3.05, 3.63) is 83.0 Å². The van der Waals surface area contributed by atoms with E-state index in [9.17, 15) is 18.0 Å². The minimum absolute atomic E-state index is 0.0404. The molecule has 1 N–H and O–H groups in total. The number of carbonyl (C=O) groups is 1. The molecular weight excluding hydrogens is 433 g/mol. The highest BCUT2D eigenvalue weighted by molar-refractivity contribution is 5.66. The number of rotatable bonds is 7. The van der Waals surface area contributed by atoms with Crippen molar-refractivity contribution in [3.8, 4) is 17.0 Å². The first-order chi connectivity index (χ1) is 15.8. The molecule has 0 saturated carbocycles. The van der Waals surface area contributed by atoms with Gasteiger partial charge in [0.25, 0.3) is 0 Å². The molecular formula is C25H23F3N2O3. The second-order valence-electron chi connectivity index (χ2n) is 7.98. The van der Waals surface area contributed by atoms with Gasteiger partial charge in [0.05, 0.1) is 17.7 Å². The van der Waals surface area contributed by atoms with E-state index in [1.807, 2.05) is 24.3 Å². The van der Waals surface area contributed by atoms with Crippen LogP contribution in [-0.4, -0.2) is 34.0 Å². The number of carboxylic acid groups (broad SMARTS) is 1. The van der Waals surface area contributed by atoms with Gasteiger partial charge >= 0.3 is 12.1 Å². The first kappa shape index (κ1) is 22.8. The van der Waals surface area contributed by atoms with E-state index in [2.05, 4.69) is 4.90 Å². The SMILES string of the molecule is O=C(O)CCN1CCc2nc(-c3ccc(OCc4cccc(C(F)(F)F)c4)cc3)ccc2C1. The summed E-state index contributed by atoms with van der Waals surface area (Å²) >= 11 is 0. The van der Waals surface area contributed by atoms with Crippen LogP contribution in [0.5, 0.6) is 5.75 Å². The van der Waals surface area contributed by atoms with Crippen molar-refractivity contribution < 1.29 is 27.8 Å². The monoisotopic (exact) mass is 456 g/mol. The van der Waals surface area contributed by atoms with Gasteiger partial charge in [-0.3, -0.25) is 14.7 Å². The Morgan fingerprint density at radius 1 is 1.09 bits per heavy atom. The molecule has 8 heteroatoms. The molecule has 1 aromatic heterocycles. The lowest BCUT2D eigenvalue weighted by Crippen LogP contribution is -2.32. The zero-order valence-corrected chi connectivity index (χ0v) is 17.8. The maximum atomic E-state index is 12.9. The zero-order chi connectivity index (χ0) is 23.4. The molecule has 2 heterocycles. The second-order valence-corrected chi connectivity index (χ2v) is 7.98. The molecule has 0 bridgehead atoms. The van der Waals surface area contributed by atoms with Crippen LogP contribution in [0.25, 0.3) is 11.3 Å². The fourth-order valence-corrected chi connectivity index (χ4v) is 3.81. The average molecular weight is 456 g/mol. The van der Waals surface area contributed by atoms with Gasteiger partial charge in [-0.15, -0.1) is 0 Å². The van der Waals surface area contributed by atoms with Gasteiger partial charge in [-0.25, -0.2) is 0 Å². The quantitative estimate of drug-likeness (QED) is 0.531. The van der Waals surface area contributed by atoms with Crippen LogP contribution in [0.15, 0.2) is 60.7 Å². The van der Waals surface area contributed by atoms with E-state index in [1.165, 1.54) is 6.07 Å². The molecule has 0 amide bonds. The highest BCUT2D eigenvalue weighted by Gasteiger charge is 2.30. The third kappa shape index (κ3) is 5.90. The Bertz CT molecular complexity index is 1130. The van der Waals surface area contributed by atoms with Gasteiger partial charge in [-0.1, -0.05) is 18.2 Å². The summed E-state index contributed by atoms with van der Waals surface area (Å²) in [7, 11) is 0. The highest BCUT2D eigenvalue weighted by atomic mass is 19.4. The summed E-state index contributed by atoms with van der Waals surface area (Å²) in [4.78, 5) is 17.7. The van der Waals surface area contributed by atoms with Crippen LogP contribution in [0.2, 0.25) is 0 Å². The maximum absolute atomic E-state index is 12.9. The fourth-order valence-electron chi connectivity index (χ4n) is 3.81. The van der Waals surface area contributed by atoms with Crippen molar-refractivity contribution in [2.75, 3.05) is 13.1 Å². The van der Waals surface area contributed by atoms with Crippen LogP contribution in [0.1, 0.15) is 28.8 Å². The highest BCUT2D eigenvalue weighted by Crippen LogP contribution is 2.30. The number of pyridine rings is 1. The summed E-state index contributed by atoms with van der Waals surface area (Å²) in [6.07, 6.45) is -3.49. The van der Waals surface area contributed by atoms with Gasteiger partial charge < -0.3 is 9.84 Å². The number of alkyl halides is 3. The number of fused-ring (bicyclic) bond motifs is 1. The molecule has 0 radical (unpaired) electrons. The van der Waals surface area contributed by atoms with E-state index < -0.39 is 17.7 Å². The molecule has 2 aromatic carbocycles. The first-order valence-electron chi connectivity index (χ1n) is 10.6. The van der Waals surface area contributed by atoms with Crippen LogP contribution >= 0.6 is 0 Å². The van der Waals surface area contributed by atoms with Crippen molar-refractivity contribution in [2.24, 2.45) is 0 Å². The Morgan fingerprint density at radius 2 is 1.88 bits per heavy atom. The lowest BCUT2D eigenvalue weighted by atomic mass is 10.0. The Kier molecular flexibility index (Phi) is 6.65. The first-order valence-corrected chi connectivity index (χ1v) is 10.6. The predicted octanol–water partition coefficient (Wildman–Crippen LogP) is 5.18. The number of aliphatic carboxylic acids is 1. The third-order valence-electron chi connectivity index (χ3n) is 5.58. The predicted molar refractivity (Wildman–Crippen MR) is 117 cm³/mol. The normalized spacial score (nSPS) is 14.0. The van der Waals surface area contributed by atoms with E-state index >= 15 is 0 Å². The molecule has 33 heavy (non-hydrogen) atoms. The Hall–Kier alpha value is -3.39. The molecule has 0 atom stereocenters. The number of carboxylic acids is 1. The maximum Gasteiger partial charge on any atom is 0.416 e. The number of benzene rings is 2. The number of aromatic nitrogens is 1. The van der Waals surface area contributed by atoms with Crippen LogP contribution in [0, 0.1) is 0 Å². The summed E-state index contributed by atoms with van der Waals surface area (Å²) in [6.45, 7) is 2.04. The van der Waals surface area contributed by atoms with Gasteiger partial charge in [0.1, 0.15) is 12.4 Å². The van der Waals surface area contributed by atoms with Gasteiger partial charge in [-0.05, 0) is 53.6 Å². The van der Waals surface area contributed by atoms with Crippen LogP contribution in [0.3, 0.4) is 0 Å². The van der Waals surface area contributed by atoms with Crippen molar-refractivity contribution in [1.82, 2.24) is 9.88 Å². The van der Waals surface area contributed by atoms with E-state index in [1.54, 1.807) is 18.2 Å². The average Bonchev–Trinajstić information content (AvgIpc) is 2.81. The van der Waals surface area contributed by atoms with Gasteiger partial charge in [0, 0.05) is 37.3 Å². The van der Waals surface area contributed by atoms with Crippen LogP contribution in [0.4, 0.5) is 13.2 Å². The molecule has 1 aliphatic rings. The summed E-state index contributed by atoms with van der Waals surface area (Å²) < 4.78 is 44.2. The largest absolute Gasteiger partial charge is 0.489 e. The number of hydrogen-bond acceptors (Lipinski definition) is 4. The number of hydrogen-bond donors (Lipinski definition) is 1. The number of nitrogens with zero attached hydrogens (tertiary/aromatic N) is 2. The minimum atomic E-state index is -4.38. The second kappa shape index (κ2) is 9.62. The zero-order valence-electron chi connectivity index (χ0n) is 17.8. The lowest BCUT2D eigenvalue weighted by molar-refractivity contribution is -0.138. The van der Waals surface area contributed by atoms with Gasteiger partial charge in [-0.2, -0.15) is 13.2 Å². The Balaban J connectivity index is 1.38. The Morgan fingerprint density at radius 3 is 2.61 bits per heavy atom. The van der Waals surface area contributed by atoms with Crippen molar-refractivity contribution in [3.63, 3.8) is 0 Å². The number of halogens is 3. The molecule has 1 aliphatic heterocycles. The van der Waals surface area contributed by atoms with E-state index in [0.717, 1.165) is 47.6 Å². The summed E-state index contributed by atoms with van der Waals surface area (Å²) in [5, 5.41) is 8.86. The van der Waals surface area contributed by atoms with Crippen molar-refractivity contribution in [2.45, 2.75) is 32.2 Å².